The Morgan fingerprint density at radius 1 is 1.17 bits per heavy atom. The molecular weight excluding hydrogens is 298 g/mol. The molecule has 0 radical (unpaired) electrons. The molecule has 0 aliphatic carbocycles. The average Bonchev–Trinajstić information content (AvgIpc) is 2.80. The summed E-state index contributed by atoms with van der Waals surface area (Å²) in [6.45, 7) is 0. The third kappa shape index (κ3) is 2.65. The number of benzene rings is 1. The van der Waals surface area contributed by atoms with E-state index in [1.807, 2.05) is 6.07 Å². The number of fused-ring (bicyclic) bond motifs is 1. The first-order valence-corrected chi connectivity index (χ1v) is 6.63. The van der Waals surface area contributed by atoms with Crippen molar-refractivity contribution in [1.29, 1.82) is 5.26 Å². The van der Waals surface area contributed by atoms with Gasteiger partial charge in [-0.3, -0.25) is 14.6 Å². The predicted octanol–water partition coefficient (Wildman–Crippen LogP) is 1.25. The summed E-state index contributed by atoms with van der Waals surface area (Å²) in [7, 11) is 0. The van der Waals surface area contributed by atoms with Gasteiger partial charge in [0.05, 0.1) is 23.1 Å². The largest absolute Gasteiger partial charge is 0.337 e. The lowest BCUT2D eigenvalue weighted by atomic mass is 10.1. The summed E-state index contributed by atoms with van der Waals surface area (Å²) in [5, 5.41) is 9.24. The molecule has 0 fully saturated rings. The second kappa shape index (κ2) is 5.69. The number of hydrogen-bond donors (Lipinski definition) is 0. The highest BCUT2D eigenvalue weighted by Crippen LogP contribution is 2.22. The van der Waals surface area contributed by atoms with Gasteiger partial charge in [0.1, 0.15) is 6.07 Å². The Hall–Kier alpha value is -3.53. The van der Waals surface area contributed by atoms with E-state index >= 15 is 0 Å². The molecule has 0 bridgehead atoms. The van der Waals surface area contributed by atoms with Crippen LogP contribution in [0.1, 0.15) is 31.8 Å². The van der Waals surface area contributed by atoms with Crippen molar-refractivity contribution in [3.05, 3.63) is 65.0 Å². The van der Waals surface area contributed by atoms with Gasteiger partial charge in [-0.05, 0) is 23.8 Å². The summed E-state index contributed by atoms with van der Waals surface area (Å²) < 4.78 is 0. The first-order valence-electron chi connectivity index (χ1n) is 6.63. The van der Waals surface area contributed by atoms with Gasteiger partial charge in [0.25, 0.3) is 11.8 Å². The number of pyridine rings is 1. The second-order valence-electron chi connectivity index (χ2n) is 4.78. The summed E-state index contributed by atoms with van der Waals surface area (Å²) in [4.78, 5) is 44.8. The maximum absolute atomic E-state index is 12.1. The Bertz CT molecular complexity index is 835. The molecule has 112 valence electrons. The molecule has 2 heterocycles. The van der Waals surface area contributed by atoms with Crippen molar-refractivity contribution >= 4 is 17.8 Å². The fourth-order valence-corrected chi connectivity index (χ4v) is 2.20. The molecule has 7 heteroatoms. The van der Waals surface area contributed by atoms with Gasteiger partial charge in [-0.15, -0.1) is 0 Å². The molecule has 0 spiro atoms. The number of amides is 2. The number of hydrogen-bond acceptors (Lipinski definition) is 6. The van der Waals surface area contributed by atoms with Crippen LogP contribution in [0.4, 0.5) is 0 Å². The molecule has 3 rings (SSSR count). The lowest BCUT2D eigenvalue weighted by molar-refractivity contribution is -0.167. The number of nitriles is 1. The number of imide groups is 1. The van der Waals surface area contributed by atoms with Gasteiger partial charge in [-0.1, -0.05) is 17.2 Å². The monoisotopic (exact) mass is 307 g/mol. The summed E-state index contributed by atoms with van der Waals surface area (Å²) in [5.41, 5.74) is 1.14. The van der Waals surface area contributed by atoms with E-state index in [4.69, 9.17) is 10.1 Å². The Balaban J connectivity index is 1.73. The lowest BCUT2D eigenvalue weighted by Gasteiger charge is -2.12. The Morgan fingerprint density at radius 2 is 1.83 bits per heavy atom. The quantitative estimate of drug-likeness (QED) is 0.791. The predicted molar refractivity (Wildman–Crippen MR) is 75.7 cm³/mol. The van der Waals surface area contributed by atoms with E-state index < -0.39 is 17.8 Å². The van der Waals surface area contributed by atoms with Gasteiger partial charge in [0, 0.05) is 12.4 Å². The normalized spacial score (nSPS) is 12.7. The Morgan fingerprint density at radius 3 is 2.43 bits per heavy atom. The summed E-state index contributed by atoms with van der Waals surface area (Å²) in [6, 6.07) is 9.61. The third-order valence-corrected chi connectivity index (χ3v) is 3.22. The van der Waals surface area contributed by atoms with Crippen LogP contribution in [0.5, 0.6) is 0 Å². The average molecular weight is 307 g/mol. The molecule has 1 aliphatic heterocycles. The number of hydroxylamine groups is 2. The van der Waals surface area contributed by atoms with Gasteiger partial charge in [0.15, 0.2) is 0 Å². The van der Waals surface area contributed by atoms with Crippen LogP contribution in [0, 0.1) is 11.3 Å². The van der Waals surface area contributed by atoms with Gasteiger partial charge in [-0.2, -0.15) is 5.26 Å². The molecule has 7 nitrogen and oxygen atoms in total. The number of aromatic nitrogens is 1. The van der Waals surface area contributed by atoms with Crippen LogP contribution in [0.3, 0.4) is 0 Å². The molecule has 1 aromatic heterocycles. The number of nitrogens with zero attached hydrogens (tertiary/aromatic N) is 3. The minimum Gasteiger partial charge on any atom is -0.329 e. The van der Waals surface area contributed by atoms with Crippen LogP contribution in [0.25, 0.3) is 0 Å². The van der Waals surface area contributed by atoms with E-state index in [-0.39, 0.29) is 17.5 Å². The van der Waals surface area contributed by atoms with E-state index in [1.54, 1.807) is 12.1 Å². The van der Waals surface area contributed by atoms with Crippen LogP contribution in [0.2, 0.25) is 0 Å². The fraction of sp³-hybridized carbons (Fsp3) is 0.0625. The molecule has 2 aromatic rings. The van der Waals surface area contributed by atoms with Crippen LogP contribution in [0.15, 0.2) is 42.7 Å². The van der Waals surface area contributed by atoms with Crippen LogP contribution >= 0.6 is 0 Å². The van der Waals surface area contributed by atoms with Crippen LogP contribution in [-0.2, 0) is 16.1 Å². The molecule has 1 aliphatic rings. The highest BCUT2D eigenvalue weighted by molar-refractivity contribution is 6.20. The first-order chi connectivity index (χ1) is 11.1. The van der Waals surface area contributed by atoms with E-state index in [1.165, 1.54) is 30.6 Å². The minimum atomic E-state index is -0.795. The zero-order chi connectivity index (χ0) is 16.4. The van der Waals surface area contributed by atoms with Gasteiger partial charge in [-0.25, -0.2) is 4.79 Å². The molecule has 0 saturated heterocycles. The summed E-state index contributed by atoms with van der Waals surface area (Å²) >= 11 is 0. The van der Waals surface area contributed by atoms with Gasteiger partial charge < -0.3 is 4.84 Å². The number of rotatable bonds is 3. The van der Waals surface area contributed by atoms with Crippen LogP contribution < -0.4 is 0 Å². The van der Waals surface area contributed by atoms with Crippen molar-refractivity contribution in [3.63, 3.8) is 0 Å². The molecular formula is C16H9N3O4. The molecule has 0 saturated carbocycles. The van der Waals surface area contributed by atoms with E-state index in [0.29, 0.717) is 16.2 Å². The zero-order valence-electron chi connectivity index (χ0n) is 11.7. The maximum atomic E-state index is 12.1. The fourth-order valence-electron chi connectivity index (χ4n) is 2.20. The topological polar surface area (TPSA) is 100 Å². The van der Waals surface area contributed by atoms with E-state index in [9.17, 15) is 14.4 Å². The van der Waals surface area contributed by atoms with Crippen molar-refractivity contribution < 1.29 is 19.2 Å². The standard InChI is InChI=1S/C16H9N3O4/c17-7-11-5-10(8-18-9-11)6-14(20)23-19-15(21)12-3-1-2-4-13(12)16(19)22/h1-5,8-9H,6H2. The van der Waals surface area contributed by atoms with Crippen molar-refractivity contribution in [2.45, 2.75) is 6.42 Å². The number of carbonyl (C=O) groups is 3. The summed E-state index contributed by atoms with van der Waals surface area (Å²) in [6.07, 6.45) is 2.55. The molecule has 0 unspecified atom stereocenters. The SMILES string of the molecule is N#Cc1cncc(CC(=O)ON2C(=O)c3ccccc3C2=O)c1. The van der Waals surface area contributed by atoms with Gasteiger partial charge >= 0.3 is 5.97 Å². The second-order valence-corrected chi connectivity index (χ2v) is 4.78. The van der Waals surface area contributed by atoms with Crippen molar-refractivity contribution in [1.82, 2.24) is 10.0 Å². The zero-order valence-corrected chi connectivity index (χ0v) is 11.7. The minimum absolute atomic E-state index is 0.193. The third-order valence-electron chi connectivity index (χ3n) is 3.22. The highest BCUT2D eigenvalue weighted by atomic mass is 16.7. The van der Waals surface area contributed by atoms with Gasteiger partial charge in [0.2, 0.25) is 0 Å². The molecule has 23 heavy (non-hydrogen) atoms. The first kappa shape index (κ1) is 14.4. The molecule has 0 atom stereocenters. The lowest BCUT2D eigenvalue weighted by Crippen LogP contribution is -2.33. The molecule has 1 aromatic carbocycles. The Labute approximate surface area is 130 Å². The molecule has 2 amide bonds. The van der Waals surface area contributed by atoms with Crippen molar-refractivity contribution in [2.75, 3.05) is 0 Å². The van der Waals surface area contributed by atoms with Crippen molar-refractivity contribution in [3.8, 4) is 6.07 Å². The summed E-state index contributed by atoms with van der Waals surface area (Å²) in [5.74, 6) is -2.15. The maximum Gasteiger partial charge on any atom is 0.337 e. The van der Waals surface area contributed by atoms with E-state index in [2.05, 4.69) is 4.98 Å². The molecule has 0 N–H and O–H groups in total. The van der Waals surface area contributed by atoms with Crippen LogP contribution in [-0.4, -0.2) is 27.8 Å². The van der Waals surface area contributed by atoms with Crippen molar-refractivity contribution in [2.24, 2.45) is 0 Å². The number of carbonyl (C=O) groups excluding carboxylic acids is 3. The van der Waals surface area contributed by atoms with E-state index in [0.717, 1.165) is 0 Å². The Kier molecular flexibility index (Phi) is 3.57. The smallest absolute Gasteiger partial charge is 0.329 e. The highest BCUT2D eigenvalue weighted by Gasteiger charge is 2.38.